The van der Waals surface area contributed by atoms with Crippen molar-refractivity contribution in [1.29, 1.82) is 0 Å². The lowest BCUT2D eigenvalue weighted by Gasteiger charge is -2.48. The predicted octanol–water partition coefficient (Wildman–Crippen LogP) is 0.623. The zero-order chi connectivity index (χ0) is 20.2. The normalized spacial score (nSPS) is 24.1. The number of fused-ring (bicyclic) bond motifs is 2. The highest BCUT2D eigenvalue weighted by Gasteiger charge is 2.45. The Morgan fingerprint density at radius 3 is 2.86 bits per heavy atom. The van der Waals surface area contributed by atoms with Crippen LogP contribution in [0.25, 0.3) is 5.65 Å². The Hall–Kier alpha value is -2.97. The fourth-order valence-electron chi connectivity index (χ4n) is 4.55. The number of piperidine rings is 1. The van der Waals surface area contributed by atoms with E-state index in [0.29, 0.717) is 18.7 Å². The van der Waals surface area contributed by atoms with Gasteiger partial charge in [0.15, 0.2) is 0 Å². The molecule has 150 valence electrons. The van der Waals surface area contributed by atoms with Gasteiger partial charge in [0.25, 0.3) is 11.5 Å². The Balaban J connectivity index is 1.37. The number of carbonyl (C=O) groups is 1. The molecule has 1 saturated heterocycles. The Kier molecular flexibility index (Phi) is 4.07. The summed E-state index contributed by atoms with van der Waals surface area (Å²) in [5.41, 5.74) is 2.86. The van der Waals surface area contributed by atoms with Crippen LogP contribution in [-0.2, 0) is 13.0 Å². The van der Waals surface area contributed by atoms with E-state index in [1.54, 1.807) is 28.6 Å². The van der Waals surface area contributed by atoms with Crippen LogP contribution in [0.15, 0.2) is 41.5 Å². The first kappa shape index (κ1) is 18.1. The molecule has 0 saturated carbocycles. The molecule has 1 fully saturated rings. The molecule has 8 nitrogen and oxygen atoms in total. The van der Waals surface area contributed by atoms with Crippen molar-refractivity contribution in [2.45, 2.75) is 38.0 Å². The maximum absolute atomic E-state index is 13.0. The molecule has 2 aliphatic heterocycles. The Labute approximate surface area is 167 Å². The standard InChI is InChI=1S/C21H23N5O3/c1-13-10-26-11-16(24-18(26)19(28)23-13)20(29)25-7-6-21(17(27)12-25)8-14-4-2-3-5-15(14)9-22-21/h2-5,10-11,17,22,27H,6-9,12H2,1H3,(H,23,28)/t17-,21+/m1/s1. The van der Waals surface area contributed by atoms with Gasteiger partial charge >= 0.3 is 0 Å². The van der Waals surface area contributed by atoms with E-state index in [-0.39, 0.29) is 29.4 Å². The second kappa shape index (κ2) is 6.53. The number of aromatic nitrogens is 3. The van der Waals surface area contributed by atoms with E-state index in [9.17, 15) is 14.7 Å². The molecule has 5 rings (SSSR count). The fraction of sp³-hybridized carbons (Fsp3) is 0.381. The van der Waals surface area contributed by atoms with Crippen molar-refractivity contribution in [3.05, 3.63) is 69.5 Å². The molecule has 1 aromatic carbocycles. The number of aromatic amines is 1. The second-order valence-electron chi connectivity index (χ2n) is 8.10. The van der Waals surface area contributed by atoms with Crippen LogP contribution in [0.5, 0.6) is 0 Å². The summed E-state index contributed by atoms with van der Waals surface area (Å²) in [5, 5.41) is 14.5. The van der Waals surface area contributed by atoms with Gasteiger partial charge in [0, 0.05) is 37.7 Å². The van der Waals surface area contributed by atoms with Crippen LogP contribution in [0.2, 0.25) is 0 Å². The van der Waals surface area contributed by atoms with Crippen LogP contribution >= 0.6 is 0 Å². The number of carbonyl (C=O) groups excluding carboxylic acids is 1. The summed E-state index contributed by atoms with van der Waals surface area (Å²) < 4.78 is 1.57. The minimum atomic E-state index is -0.684. The molecule has 0 unspecified atom stereocenters. The number of aryl methyl sites for hydroxylation is 1. The van der Waals surface area contributed by atoms with Gasteiger partial charge in [0.05, 0.1) is 11.6 Å². The third kappa shape index (κ3) is 2.95. The number of hydrogen-bond donors (Lipinski definition) is 3. The number of likely N-dealkylation sites (tertiary alicyclic amines) is 1. The highest BCUT2D eigenvalue weighted by molar-refractivity contribution is 5.93. The molecule has 3 N–H and O–H groups in total. The molecular weight excluding hydrogens is 370 g/mol. The number of nitrogens with zero attached hydrogens (tertiary/aromatic N) is 3. The number of rotatable bonds is 1. The van der Waals surface area contributed by atoms with Gasteiger partial charge in [0.2, 0.25) is 5.65 Å². The Morgan fingerprint density at radius 2 is 2.07 bits per heavy atom. The largest absolute Gasteiger partial charge is 0.389 e. The van der Waals surface area contributed by atoms with E-state index in [0.717, 1.165) is 13.0 Å². The van der Waals surface area contributed by atoms with Crippen molar-refractivity contribution in [2.24, 2.45) is 0 Å². The zero-order valence-electron chi connectivity index (χ0n) is 16.2. The van der Waals surface area contributed by atoms with Crippen molar-refractivity contribution in [3.63, 3.8) is 0 Å². The number of hydrogen-bond acceptors (Lipinski definition) is 5. The Bertz CT molecular complexity index is 1170. The topological polar surface area (TPSA) is 103 Å². The highest BCUT2D eigenvalue weighted by atomic mass is 16.3. The number of aliphatic hydroxyl groups excluding tert-OH is 1. The molecule has 1 spiro atoms. The van der Waals surface area contributed by atoms with Crippen molar-refractivity contribution in [3.8, 4) is 0 Å². The molecule has 29 heavy (non-hydrogen) atoms. The molecule has 1 amide bonds. The summed E-state index contributed by atoms with van der Waals surface area (Å²) in [6.45, 7) is 3.25. The van der Waals surface area contributed by atoms with Crippen molar-refractivity contribution >= 4 is 11.6 Å². The smallest absolute Gasteiger partial charge is 0.291 e. The number of imidazole rings is 1. The van der Waals surface area contributed by atoms with Crippen LogP contribution < -0.4 is 10.9 Å². The number of H-pyrrole nitrogens is 1. The third-order valence-electron chi connectivity index (χ3n) is 6.20. The first-order valence-electron chi connectivity index (χ1n) is 9.83. The van der Waals surface area contributed by atoms with Crippen molar-refractivity contribution in [2.75, 3.05) is 13.1 Å². The lowest BCUT2D eigenvalue weighted by atomic mass is 9.76. The summed E-state index contributed by atoms with van der Waals surface area (Å²) in [6.07, 6.45) is 4.02. The number of nitrogens with one attached hydrogen (secondary N) is 2. The van der Waals surface area contributed by atoms with E-state index in [2.05, 4.69) is 27.4 Å². The van der Waals surface area contributed by atoms with Gasteiger partial charge in [-0.3, -0.25) is 14.0 Å². The van der Waals surface area contributed by atoms with Crippen molar-refractivity contribution < 1.29 is 9.90 Å². The number of benzene rings is 1. The SMILES string of the molecule is Cc1cn2cc(C(=O)N3CC[C@]4(Cc5ccccc5CN4)[C@H](O)C3)nc2c(=O)[nH]1. The van der Waals surface area contributed by atoms with Crippen LogP contribution in [0.3, 0.4) is 0 Å². The second-order valence-corrected chi connectivity index (χ2v) is 8.10. The fourth-order valence-corrected chi connectivity index (χ4v) is 4.55. The summed E-state index contributed by atoms with van der Waals surface area (Å²) in [7, 11) is 0. The van der Waals surface area contributed by atoms with Gasteiger partial charge in [-0.25, -0.2) is 4.98 Å². The molecule has 0 aliphatic carbocycles. The third-order valence-corrected chi connectivity index (χ3v) is 6.20. The summed E-state index contributed by atoms with van der Waals surface area (Å²) in [6, 6.07) is 8.26. The van der Waals surface area contributed by atoms with Gasteiger partial charge in [-0.15, -0.1) is 0 Å². The molecular formula is C21H23N5O3. The number of β-amino-alcohol motifs (C(OH)–C–C–N with tert-alkyl or cyclic N) is 1. The molecule has 0 bridgehead atoms. The predicted molar refractivity (Wildman–Crippen MR) is 107 cm³/mol. The molecule has 8 heteroatoms. The first-order valence-corrected chi connectivity index (χ1v) is 9.83. The van der Waals surface area contributed by atoms with E-state index in [1.165, 1.54) is 11.1 Å². The van der Waals surface area contributed by atoms with Crippen LogP contribution in [-0.4, -0.2) is 55.0 Å². The van der Waals surface area contributed by atoms with E-state index >= 15 is 0 Å². The van der Waals surface area contributed by atoms with Gasteiger partial charge in [0.1, 0.15) is 5.69 Å². The quantitative estimate of drug-likeness (QED) is 0.563. The van der Waals surface area contributed by atoms with Gasteiger partial charge in [-0.05, 0) is 30.9 Å². The van der Waals surface area contributed by atoms with Crippen LogP contribution in [0.1, 0.15) is 33.7 Å². The van der Waals surface area contributed by atoms with E-state index in [4.69, 9.17) is 0 Å². The first-order chi connectivity index (χ1) is 13.9. The average Bonchev–Trinajstić information content (AvgIpc) is 3.14. The zero-order valence-corrected chi connectivity index (χ0v) is 16.2. The highest BCUT2D eigenvalue weighted by Crippen LogP contribution is 2.32. The van der Waals surface area contributed by atoms with Crippen LogP contribution in [0, 0.1) is 6.92 Å². The lowest BCUT2D eigenvalue weighted by molar-refractivity contribution is -0.0140. The Morgan fingerprint density at radius 1 is 1.28 bits per heavy atom. The molecule has 2 aliphatic rings. The molecule has 0 radical (unpaired) electrons. The molecule has 3 aromatic rings. The van der Waals surface area contributed by atoms with E-state index in [1.807, 2.05) is 12.1 Å². The lowest BCUT2D eigenvalue weighted by Crippen LogP contribution is -2.65. The summed E-state index contributed by atoms with van der Waals surface area (Å²) >= 11 is 0. The summed E-state index contributed by atoms with van der Waals surface area (Å²) in [4.78, 5) is 33.6. The van der Waals surface area contributed by atoms with E-state index < -0.39 is 11.6 Å². The van der Waals surface area contributed by atoms with Gasteiger partial charge in [-0.1, -0.05) is 24.3 Å². The minimum Gasteiger partial charge on any atom is -0.389 e. The number of aliphatic hydroxyl groups is 1. The van der Waals surface area contributed by atoms with Crippen molar-refractivity contribution in [1.82, 2.24) is 24.6 Å². The maximum Gasteiger partial charge on any atom is 0.291 e. The summed E-state index contributed by atoms with van der Waals surface area (Å²) in [5.74, 6) is -0.268. The molecule has 4 heterocycles. The van der Waals surface area contributed by atoms with Gasteiger partial charge < -0.3 is 20.3 Å². The molecule has 2 atom stereocenters. The maximum atomic E-state index is 13.0. The molecule has 2 aromatic heterocycles. The average molecular weight is 393 g/mol. The van der Waals surface area contributed by atoms with Gasteiger partial charge in [-0.2, -0.15) is 0 Å². The monoisotopic (exact) mass is 393 g/mol. The number of amides is 1. The van der Waals surface area contributed by atoms with Crippen LogP contribution in [0.4, 0.5) is 0 Å². The minimum absolute atomic E-state index is 0.193.